The fraction of sp³-hybridized carbons (Fsp3) is 0.0909. The van der Waals surface area contributed by atoms with E-state index in [2.05, 4.69) is 15.0 Å². The normalized spacial score (nSPS) is 11.1. The number of aromatic nitrogens is 3. The summed E-state index contributed by atoms with van der Waals surface area (Å²) in [6, 6.07) is 7.97. The quantitative estimate of drug-likeness (QED) is 0.671. The summed E-state index contributed by atoms with van der Waals surface area (Å²) in [4.78, 5) is 11.9. The molecule has 0 fully saturated rings. The maximum Gasteiger partial charge on any atom is 0.261 e. The van der Waals surface area contributed by atoms with Gasteiger partial charge in [0.2, 0.25) is 0 Å². The molecule has 0 saturated heterocycles. The smallest absolute Gasteiger partial charge is 0.261 e. The number of hydrogen-bond acceptors (Lipinski definition) is 5. The van der Waals surface area contributed by atoms with Gasteiger partial charge in [-0.15, -0.1) is 11.3 Å². The molecule has 8 heteroatoms. The zero-order valence-corrected chi connectivity index (χ0v) is 11.6. The van der Waals surface area contributed by atoms with Gasteiger partial charge in [-0.1, -0.05) is 12.1 Å². The number of nitrogens with zero attached hydrogens (tertiary/aromatic N) is 2. The van der Waals surface area contributed by atoms with E-state index in [4.69, 9.17) is 4.55 Å². The Labute approximate surface area is 113 Å². The Morgan fingerprint density at radius 3 is 2.58 bits per heavy atom. The SMILES string of the molecule is CS(=O)(=O)O.c1ccc2[nH]c(-c3cscn3)nc2c1. The molecule has 3 rings (SSSR count). The molecule has 0 amide bonds. The second-order valence-corrected chi connectivity index (χ2v) is 5.89. The van der Waals surface area contributed by atoms with Crippen molar-refractivity contribution >= 4 is 32.5 Å². The molecule has 0 aliphatic carbocycles. The van der Waals surface area contributed by atoms with Crippen LogP contribution < -0.4 is 0 Å². The van der Waals surface area contributed by atoms with Crippen molar-refractivity contribution in [3.63, 3.8) is 0 Å². The first-order chi connectivity index (χ1) is 8.93. The first kappa shape index (κ1) is 13.7. The Morgan fingerprint density at radius 1 is 1.32 bits per heavy atom. The third-order valence-corrected chi connectivity index (χ3v) is 2.65. The summed E-state index contributed by atoms with van der Waals surface area (Å²) in [6.07, 6.45) is 0.715. The Morgan fingerprint density at radius 2 is 2.00 bits per heavy atom. The molecule has 100 valence electrons. The van der Waals surface area contributed by atoms with Crippen LogP contribution in [0.15, 0.2) is 35.2 Å². The lowest BCUT2D eigenvalue weighted by atomic mass is 10.3. The molecule has 0 atom stereocenters. The van der Waals surface area contributed by atoms with Crippen molar-refractivity contribution in [2.45, 2.75) is 0 Å². The molecule has 6 nitrogen and oxygen atoms in total. The molecule has 0 spiro atoms. The van der Waals surface area contributed by atoms with Crippen LogP contribution in [0.1, 0.15) is 0 Å². The number of aromatic amines is 1. The van der Waals surface area contributed by atoms with Gasteiger partial charge in [0.05, 0.1) is 22.8 Å². The lowest BCUT2D eigenvalue weighted by molar-refractivity contribution is 0.490. The van der Waals surface area contributed by atoms with E-state index in [-0.39, 0.29) is 0 Å². The maximum atomic E-state index is 9.19. The molecule has 0 saturated carbocycles. The highest BCUT2D eigenvalue weighted by Crippen LogP contribution is 2.19. The van der Waals surface area contributed by atoms with Crippen LogP contribution in [-0.2, 0) is 10.1 Å². The van der Waals surface area contributed by atoms with Gasteiger partial charge in [-0.05, 0) is 12.1 Å². The Balaban J connectivity index is 0.000000232. The third-order valence-electron chi connectivity index (χ3n) is 2.06. The van der Waals surface area contributed by atoms with Gasteiger partial charge in [0.1, 0.15) is 5.69 Å². The van der Waals surface area contributed by atoms with Crippen molar-refractivity contribution in [3.8, 4) is 11.5 Å². The van der Waals surface area contributed by atoms with E-state index in [1.807, 2.05) is 35.2 Å². The van der Waals surface area contributed by atoms with Crippen LogP contribution >= 0.6 is 11.3 Å². The lowest BCUT2D eigenvalue weighted by Gasteiger charge is -1.84. The van der Waals surface area contributed by atoms with Crippen LogP contribution in [0.2, 0.25) is 0 Å². The maximum absolute atomic E-state index is 9.19. The van der Waals surface area contributed by atoms with Crippen molar-refractivity contribution in [2.75, 3.05) is 6.26 Å². The van der Waals surface area contributed by atoms with Crippen molar-refractivity contribution in [1.29, 1.82) is 0 Å². The highest BCUT2D eigenvalue weighted by Gasteiger charge is 2.05. The fourth-order valence-corrected chi connectivity index (χ4v) is 1.94. The van der Waals surface area contributed by atoms with Gasteiger partial charge in [-0.25, -0.2) is 9.97 Å². The summed E-state index contributed by atoms with van der Waals surface area (Å²) in [5, 5.41) is 1.98. The molecule has 2 N–H and O–H groups in total. The predicted molar refractivity (Wildman–Crippen MR) is 74.7 cm³/mol. The minimum atomic E-state index is -3.67. The van der Waals surface area contributed by atoms with E-state index in [1.165, 1.54) is 0 Å². The Kier molecular flexibility index (Phi) is 3.93. The van der Waals surface area contributed by atoms with Crippen LogP contribution in [0.4, 0.5) is 0 Å². The standard InChI is InChI=1S/C10H7N3S.CH4O3S/c1-2-4-8-7(3-1)12-10(13-8)9-5-14-6-11-9;1-5(2,3)4/h1-6H,(H,12,13);1H3,(H,2,3,4). The number of fused-ring (bicyclic) bond motifs is 1. The van der Waals surface area contributed by atoms with Gasteiger partial charge in [0.25, 0.3) is 10.1 Å². The second-order valence-electron chi connectivity index (χ2n) is 3.71. The molecule has 2 aromatic heterocycles. The average molecular weight is 297 g/mol. The summed E-state index contributed by atoms with van der Waals surface area (Å²) in [5.74, 6) is 0.840. The number of para-hydroxylation sites is 2. The first-order valence-electron chi connectivity index (χ1n) is 5.19. The molecule has 1 aromatic carbocycles. The average Bonchev–Trinajstić information content (AvgIpc) is 2.95. The number of H-pyrrole nitrogens is 1. The number of hydrogen-bond donors (Lipinski definition) is 2. The third kappa shape index (κ3) is 4.12. The van der Waals surface area contributed by atoms with E-state index in [0.717, 1.165) is 22.6 Å². The van der Waals surface area contributed by atoms with E-state index in [1.54, 1.807) is 11.3 Å². The van der Waals surface area contributed by atoms with Gasteiger partial charge >= 0.3 is 0 Å². The van der Waals surface area contributed by atoms with E-state index >= 15 is 0 Å². The molecule has 0 bridgehead atoms. The molecule has 0 radical (unpaired) electrons. The van der Waals surface area contributed by atoms with Crippen LogP contribution in [0.3, 0.4) is 0 Å². The molecule has 3 aromatic rings. The van der Waals surface area contributed by atoms with Crippen LogP contribution in [0.25, 0.3) is 22.6 Å². The largest absolute Gasteiger partial charge is 0.337 e. The summed E-state index contributed by atoms with van der Waals surface area (Å²) in [7, 11) is -3.67. The second kappa shape index (κ2) is 5.47. The summed E-state index contributed by atoms with van der Waals surface area (Å²) in [6.45, 7) is 0. The highest BCUT2D eigenvalue weighted by molar-refractivity contribution is 7.85. The van der Waals surface area contributed by atoms with Crippen LogP contribution in [-0.4, -0.2) is 34.2 Å². The molecule has 2 heterocycles. The number of thiazole rings is 1. The molecule has 0 aliphatic rings. The van der Waals surface area contributed by atoms with Crippen LogP contribution in [0.5, 0.6) is 0 Å². The molecule has 19 heavy (non-hydrogen) atoms. The topological polar surface area (TPSA) is 95.9 Å². The van der Waals surface area contributed by atoms with Gasteiger partial charge in [-0.3, -0.25) is 4.55 Å². The Bertz CT molecular complexity index is 722. The lowest BCUT2D eigenvalue weighted by Crippen LogP contribution is -1.88. The highest BCUT2D eigenvalue weighted by atomic mass is 32.2. The minimum Gasteiger partial charge on any atom is -0.337 e. The summed E-state index contributed by atoms with van der Waals surface area (Å²) in [5.41, 5.74) is 4.75. The summed E-state index contributed by atoms with van der Waals surface area (Å²) >= 11 is 1.57. The van der Waals surface area contributed by atoms with Crippen LogP contribution in [0, 0.1) is 0 Å². The number of benzene rings is 1. The minimum absolute atomic E-state index is 0.715. The number of imidazole rings is 1. The van der Waals surface area contributed by atoms with Crippen molar-refractivity contribution in [1.82, 2.24) is 15.0 Å². The van der Waals surface area contributed by atoms with Gasteiger partial charge in [0.15, 0.2) is 5.82 Å². The van der Waals surface area contributed by atoms with Gasteiger partial charge in [0, 0.05) is 5.38 Å². The molecular weight excluding hydrogens is 286 g/mol. The number of nitrogens with one attached hydrogen (secondary N) is 1. The Hall–Kier alpha value is -1.77. The monoisotopic (exact) mass is 297 g/mol. The zero-order valence-electron chi connectivity index (χ0n) is 9.94. The van der Waals surface area contributed by atoms with Gasteiger partial charge < -0.3 is 4.98 Å². The van der Waals surface area contributed by atoms with E-state index < -0.39 is 10.1 Å². The van der Waals surface area contributed by atoms with E-state index in [9.17, 15) is 8.42 Å². The van der Waals surface area contributed by atoms with Gasteiger partial charge in [-0.2, -0.15) is 8.42 Å². The number of rotatable bonds is 1. The molecular formula is C11H11N3O3S2. The fourth-order valence-electron chi connectivity index (χ4n) is 1.40. The predicted octanol–water partition coefficient (Wildman–Crippen LogP) is 2.19. The van der Waals surface area contributed by atoms with Crippen molar-refractivity contribution < 1.29 is 13.0 Å². The first-order valence-corrected chi connectivity index (χ1v) is 7.98. The van der Waals surface area contributed by atoms with Crippen molar-refractivity contribution in [3.05, 3.63) is 35.2 Å². The summed E-state index contributed by atoms with van der Waals surface area (Å²) < 4.78 is 25.9. The molecule has 0 aliphatic heterocycles. The molecule has 0 unspecified atom stereocenters. The zero-order chi connectivity index (χ0) is 13.9. The van der Waals surface area contributed by atoms with Crippen molar-refractivity contribution in [2.24, 2.45) is 0 Å². The van der Waals surface area contributed by atoms with E-state index in [0.29, 0.717) is 6.26 Å².